The van der Waals surface area contributed by atoms with Crippen molar-refractivity contribution in [2.75, 3.05) is 38.6 Å². The maximum Gasteiger partial charge on any atom is 0.333 e. The molecule has 1 aliphatic rings. The minimum absolute atomic E-state index is 0.0977. The van der Waals surface area contributed by atoms with Gasteiger partial charge in [0, 0.05) is 30.9 Å². The Hall–Kier alpha value is -3.42. The minimum Gasteiger partial charge on any atom is -0.488 e. The molecule has 1 atom stereocenters. The molecule has 0 aliphatic carbocycles. The van der Waals surface area contributed by atoms with Gasteiger partial charge in [0.15, 0.2) is 11.4 Å². The van der Waals surface area contributed by atoms with Gasteiger partial charge >= 0.3 is 6.55 Å². The zero-order valence-corrected chi connectivity index (χ0v) is 21.6. The van der Waals surface area contributed by atoms with Gasteiger partial charge in [-0.2, -0.15) is 18.6 Å². The number of hydrogen-bond donors (Lipinski definition) is 1. The van der Waals surface area contributed by atoms with Crippen LogP contribution < -0.4 is 10.5 Å². The molecule has 5 rings (SSSR count). The van der Waals surface area contributed by atoms with E-state index in [-0.39, 0.29) is 23.2 Å². The van der Waals surface area contributed by atoms with Crippen LogP contribution in [0.2, 0.25) is 5.15 Å². The first-order chi connectivity index (χ1) is 18.4. The molecule has 2 N–H and O–H groups in total. The lowest BCUT2D eigenvalue weighted by Crippen LogP contribution is -2.36. The number of halogens is 3. The lowest BCUT2D eigenvalue weighted by molar-refractivity contribution is 0.0580. The summed E-state index contributed by atoms with van der Waals surface area (Å²) in [5.41, 5.74) is 7.45. The predicted octanol–water partition coefficient (Wildman–Crippen LogP) is 3.42. The van der Waals surface area contributed by atoms with Gasteiger partial charge in [-0.1, -0.05) is 11.6 Å². The van der Waals surface area contributed by atoms with E-state index in [2.05, 4.69) is 29.9 Å². The molecule has 0 radical (unpaired) electrons. The van der Waals surface area contributed by atoms with Crippen LogP contribution in [0.15, 0.2) is 30.9 Å². The average molecular weight is 548 g/mol. The summed E-state index contributed by atoms with van der Waals surface area (Å²) in [5.74, 6) is 1.21. The lowest BCUT2D eigenvalue weighted by Gasteiger charge is -2.24. The van der Waals surface area contributed by atoms with E-state index in [9.17, 15) is 8.78 Å². The van der Waals surface area contributed by atoms with Gasteiger partial charge in [-0.05, 0) is 32.4 Å². The molecule has 0 bridgehead atoms. The number of anilines is 1. The van der Waals surface area contributed by atoms with Crippen LogP contribution in [0.4, 0.5) is 14.6 Å². The van der Waals surface area contributed by atoms with Crippen molar-refractivity contribution >= 4 is 23.1 Å². The van der Waals surface area contributed by atoms with E-state index < -0.39 is 6.55 Å². The number of nitrogens with zero attached hydrogens (tertiary/aromatic N) is 8. The number of alkyl halides is 2. The average Bonchev–Trinajstić information content (AvgIpc) is 3.58. The summed E-state index contributed by atoms with van der Waals surface area (Å²) in [4.78, 5) is 19.3. The van der Waals surface area contributed by atoms with Crippen LogP contribution in [0.5, 0.6) is 5.75 Å². The van der Waals surface area contributed by atoms with Crippen LogP contribution in [0.25, 0.3) is 17.0 Å². The SMILES string of the molecule is Cc1cc(Cl)nc(CCOCCN2CCC[C@@H]2COc2cnn(C(F)F)c2-c2cn3cc(N)nc3cn2)n1. The van der Waals surface area contributed by atoms with Gasteiger partial charge in [0.05, 0.1) is 31.8 Å². The second kappa shape index (κ2) is 11.5. The molecule has 11 nitrogen and oxygen atoms in total. The van der Waals surface area contributed by atoms with Crippen molar-refractivity contribution in [2.45, 2.75) is 38.8 Å². The number of rotatable bonds is 11. The first-order valence-electron chi connectivity index (χ1n) is 12.3. The second-order valence-electron chi connectivity index (χ2n) is 9.04. The highest BCUT2D eigenvalue weighted by Crippen LogP contribution is 2.32. The highest BCUT2D eigenvalue weighted by atomic mass is 35.5. The van der Waals surface area contributed by atoms with Crippen LogP contribution in [0.1, 0.15) is 30.9 Å². The zero-order chi connectivity index (χ0) is 26.6. The molecule has 0 aromatic carbocycles. The fourth-order valence-corrected chi connectivity index (χ4v) is 4.85. The van der Waals surface area contributed by atoms with E-state index in [0.717, 1.165) is 31.6 Å². The predicted molar refractivity (Wildman–Crippen MR) is 136 cm³/mol. The van der Waals surface area contributed by atoms with Crippen molar-refractivity contribution in [3.05, 3.63) is 47.5 Å². The van der Waals surface area contributed by atoms with Crippen molar-refractivity contribution < 1.29 is 18.3 Å². The quantitative estimate of drug-likeness (QED) is 0.222. The van der Waals surface area contributed by atoms with Gasteiger partial charge < -0.3 is 19.6 Å². The maximum atomic E-state index is 13.7. The van der Waals surface area contributed by atoms with Gasteiger partial charge in [-0.25, -0.2) is 19.9 Å². The highest BCUT2D eigenvalue weighted by molar-refractivity contribution is 6.29. The molecule has 0 unspecified atom stereocenters. The Labute approximate surface area is 222 Å². The molecule has 14 heteroatoms. The van der Waals surface area contributed by atoms with Crippen LogP contribution in [-0.4, -0.2) is 78.0 Å². The Balaban J connectivity index is 1.18. The number of fused-ring (bicyclic) bond motifs is 1. The highest BCUT2D eigenvalue weighted by Gasteiger charge is 2.27. The topological polar surface area (TPSA) is 122 Å². The second-order valence-corrected chi connectivity index (χ2v) is 9.42. The van der Waals surface area contributed by atoms with Crippen molar-refractivity contribution in [1.82, 2.24) is 39.0 Å². The summed E-state index contributed by atoms with van der Waals surface area (Å²) in [5, 5.41) is 4.28. The molecule has 0 amide bonds. The van der Waals surface area contributed by atoms with Gasteiger partial charge in [-0.3, -0.25) is 4.90 Å². The number of aryl methyl sites for hydroxylation is 1. The van der Waals surface area contributed by atoms with Crippen molar-refractivity contribution in [3.63, 3.8) is 0 Å². The fraction of sp³-hybridized carbons (Fsp3) is 0.458. The number of likely N-dealkylation sites (tertiary alicyclic amines) is 1. The summed E-state index contributed by atoms with van der Waals surface area (Å²) in [6.45, 7) is 2.03. The Morgan fingerprint density at radius 2 is 2.05 bits per heavy atom. The largest absolute Gasteiger partial charge is 0.488 e. The molecule has 5 heterocycles. The summed E-state index contributed by atoms with van der Waals surface area (Å²) in [7, 11) is 0. The van der Waals surface area contributed by atoms with E-state index in [1.54, 1.807) is 22.9 Å². The summed E-state index contributed by atoms with van der Waals surface area (Å²) >= 11 is 5.99. The normalized spacial score (nSPS) is 16.2. The summed E-state index contributed by atoms with van der Waals surface area (Å²) in [6.07, 6.45) is 8.48. The van der Waals surface area contributed by atoms with Gasteiger partial charge in [0.25, 0.3) is 0 Å². The number of aromatic nitrogens is 7. The lowest BCUT2D eigenvalue weighted by atomic mass is 10.2. The molecular formula is C24H28ClF2N9O2. The molecule has 202 valence electrons. The number of imidazole rings is 1. The van der Waals surface area contributed by atoms with Gasteiger partial charge in [0.1, 0.15) is 34.8 Å². The zero-order valence-electron chi connectivity index (χ0n) is 20.8. The Morgan fingerprint density at radius 3 is 2.87 bits per heavy atom. The standard InChI is InChI=1S/C24H28ClF2N9O2/c1-15-9-19(25)32-21(31-15)4-7-37-8-6-34-5-2-3-16(34)14-38-18-10-30-36(24(26)27)23(18)17-12-35-13-20(28)33-22(35)11-29-17/h9-13,16,24H,2-8,14,28H2,1H3/t16-/m1/s1. The third kappa shape index (κ3) is 6.00. The molecular weight excluding hydrogens is 520 g/mol. The van der Waals surface area contributed by atoms with Gasteiger partial charge in [-0.15, -0.1) is 0 Å². The number of nitrogen functional groups attached to an aromatic ring is 1. The van der Waals surface area contributed by atoms with E-state index in [1.165, 1.54) is 12.4 Å². The van der Waals surface area contributed by atoms with Crippen molar-refractivity contribution in [3.8, 4) is 17.1 Å². The van der Waals surface area contributed by atoms with Crippen LogP contribution in [0.3, 0.4) is 0 Å². The molecule has 1 aliphatic heterocycles. The van der Waals surface area contributed by atoms with E-state index >= 15 is 0 Å². The maximum absolute atomic E-state index is 13.7. The monoisotopic (exact) mass is 547 g/mol. The smallest absolute Gasteiger partial charge is 0.333 e. The fourth-order valence-electron chi connectivity index (χ4n) is 4.60. The minimum atomic E-state index is -2.85. The first-order valence-corrected chi connectivity index (χ1v) is 12.7. The Morgan fingerprint density at radius 1 is 1.18 bits per heavy atom. The van der Waals surface area contributed by atoms with E-state index in [4.69, 9.17) is 26.8 Å². The number of nitrogens with two attached hydrogens (primary N) is 1. The first kappa shape index (κ1) is 26.2. The summed E-state index contributed by atoms with van der Waals surface area (Å²) < 4.78 is 41.6. The Kier molecular flexibility index (Phi) is 7.95. The van der Waals surface area contributed by atoms with Gasteiger partial charge in [0.2, 0.25) is 0 Å². The number of ether oxygens (including phenoxy) is 2. The third-order valence-electron chi connectivity index (χ3n) is 6.34. The summed E-state index contributed by atoms with van der Waals surface area (Å²) in [6, 6.07) is 1.85. The van der Waals surface area contributed by atoms with Crippen LogP contribution in [-0.2, 0) is 11.2 Å². The van der Waals surface area contributed by atoms with Crippen LogP contribution >= 0.6 is 11.6 Å². The number of hydrogen-bond acceptors (Lipinski definition) is 9. The molecule has 4 aromatic heterocycles. The van der Waals surface area contributed by atoms with E-state index in [0.29, 0.717) is 53.4 Å². The Bertz CT molecular complexity index is 1380. The molecule has 1 fully saturated rings. The molecule has 0 saturated carbocycles. The van der Waals surface area contributed by atoms with Crippen molar-refractivity contribution in [2.24, 2.45) is 0 Å². The molecule has 0 spiro atoms. The van der Waals surface area contributed by atoms with Crippen molar-refractivity contribution in [1.29, 1.82) is 0 Å². The molecule has 38 heavy (non-hydrogen) atoms. The third-order valence-corrected chi connectivity index (χ3v) is 6.54. The molecule has 4 aromatic rings. The van der Waals surface area contributed by atoms with E-state index in [1.807, 2.05) is 6.92 Å². The molecule has 1 saturated heterocycles. The van der Waals surface area contributed by atoms with Crippen LogP contribution in [0, 0.1) is 6.92 Å².